The molecule has 17 heavy (non-hydrogen) atoms. The fourth-order valence-electron chi connectivity index (χ4n) is 2.26. The molecule has 1 unspecified atom stereocenters. The van der Waals surface area contributed by atoms with Gasteiger partial charge in [-0.2, -0.15) is 4.98 Å². The number of likely N-dealkylation sites (N-methyl/N-ethyl adjacent to an activating group) is 1. The number of anilines is 2. The van der Waals surface area contributed by atoms with Crippen LogP contribution >= 0.6 is 11.6 Å². The maximum absolute atomic E-state index is 6.15. The Morgan fingerprint density at radius 1 is 1.47 bits per heavy atom. The molecule has 1 atom stereocenters. The fraction of sp³-hybridized carbons (Fsp3) is 0.636. The van der Waals surface area contributed by atoms with E-state index in [-0.39, 0.29) is 5.95 Å². The van der Waals surface area contributed by atoms with Crippen molar-refractivity contribution in [2.75, 3.05) is 37.3 Å². The summed E-state index contributed by atoms with van der Waals surface area (Å²) in [4.78, 5) is 12.7. The molecule has 1 aliphatic rings. The second-order valence-electron chi connectivity index (χ2n) is 4.56. The van der Waals surface area contributed by atoms with E-state index in [0.29, 0.717) is 11.1 Å². The predicted octanol–water partition coefficient (Wildman–Crippen LogP) is 1.24. The summed E-state index contributed by atoms with van der Waals surface area (Å²) in [5, 5.41) is 0.565. The van der Waals surface area contributed by atoms with E-state index >= 15 is 0 Å². The summed E-state index contributed by atoms with van der Waals surface area (Å²) in [5.74, 6) is 1.02. The van der Waals surface area contributed by atoms with Crippen molar-refractivity contribution in [3.8, 4) is 0 Å². The van der Waals surface area contributed by atoms with Crippen LogP contribution in [0.4, 0.5) is 11.8 Å². The molecule has 2 N–H and O–H groups in total. The van der Waals surface area contributed by atoms with Crippen LogP contribution in [0.2, 0.25) is 5.02 Å². The number of rotatable bonds is 1. The fourth-order valence-corrected chi connectivity index (χ4v) is 2.46. The third-order valence-corrected chi connectivity index (χ3v) is 3.33. The van der Waals surface area contributed by atoms with E-state index in [1.807, 2.05) is 0 Å². The Labute approximate surface area is 107 Å². The minimum Gasteiger partial charge on any atom is -0.368 e. The van der Waals surface area contributed by atoms with Crippen LogP contribution < -0.4 is 10.6 Å². The highest BCUT2D eigenvalue weighted by atomic mass is 35.5. The highest BCUT2D eigenvalue weighted by molar-refractivity contribution is 6.32. The average Bonchev–Trinajstić information content (AvgIpc) is 2.43. The molecule has 6 heteroatoms. The van der Waals surface area contributed by atoms with Gasteiger partial charge in [-0.1, -0.05) is 11.6 Å². The first kappa shape index (κ1) is 12.4. The second-order valence-corrected chi connectivity index (χ2v) is 4.97. The Morgan fingerprint density at radius 3 is 3.00 bits per heavy atom. The van der Waals surface area contributed by atoms with Crippen LogP contribution in [-0.4, -0.2) is 47.6 Å². The summed E-state index contributed by atoms with van der Waals surface area (Å²) >= 11 is 6.15. The quantitative estimate of drug-likeness (QED) is 0.818. The largest absolute Gasteiger partial charge is 0.368 e. The molecule has 2 heterocycles. The van der Waals surface area contributed by atoms with E-state index in [1.165, 1.54) is 0 Å². The van der Waals surface area contributed by atoms with Gasteiger partial charge in [0.2, 0.25) is 5.95 Å². The summed E-state index contributed by atoms with van der Waals surface area (Å²) in [6.07, 6.45) is 2.67. The summed E-state index contributed by atoms with van der Waals surface area (Å²) in [6, 6.07) is 0.370. The molecule has 5 nitrogen and oxygen atoms in total. The highest BCUT2D eigenvalue weighted by Crippen LogP contribution is 2.26. The highest BCUT2D eigenvalue weighted by Gasteiger charge is 2.22. The van der Waals surface area contributed by atoms with Crippen molar-refractivity contribution in [2.24, 2.45) is 0 Å². The van der Waals surface area contributed by atoms with Gasteiger partial charge < -0.3 is 15.5 Å². The Bertz CT molecular complexity index is 397. The molecule has 1 fully saturated rings. The smallest absolute Gasteiger partial charge is 0.222 e. The molecule has 1 aliphatic heterocycles. The van der Waals surface area contributed by atoms with Crippen molar-refractivity contribution in [2.45, 2.75) is 19.4 Å². The molecule has 0 radical (unpaired) electrons. The van der Waals surface area contributed by atoms with Crippen molar-refractivity contribution in [1.29, 1.82) is 0 Å². The number of aromatic nitrogens is 2. The molecule has 1 saturated heterocycles. The van der Waals surface area contributed by atoms with Gasteiger partial charge in [-0.25, -0.2) is 4.98 Å². The Balaban J connectivity index is 2.28. The monoisotopic (exact) mass is 255 g/mol. The molecule has 1 aromatic heterocycles. The minimum absolute atomic E-state index is 0.272. The van der Waals surface area contributed by atoms with E-state index in [4.69, 9.17) is 17.3 Å². The van der Waals surface area contributed by atoms with Crippen LogP contribution in [-0.2, 0) is 0 Å². The van der Waals surface area contributed by atoms with Gasteiger partial charge >= 0.3 is 0 Å². The lowest BCUT2D eigenvalue weighted by Crippen LogP contribution is -2.38. The molecule has 0 spiro atoms. The number of halogens is 1. The summed E-state index contributed by atoms with van der Waals surface area (Å²) < 4.78 is 0. The van der Waals surface area contributed by atoms with Crippen molar-refractivity contribution < 1.29 is 0 Å². The molecule has 0 saturated carbocycles. The molecule has 0 aliphatic carbocycles. The SMILES string of the molecule is CC1CN(C)CCCN1c1nc(N)ncc1Cl. The standard InChI is InChI=1S/C11H18ClN5/c1-8-7-16(2)4-3-5-17(8)10-9(12)6-14-11(13)15-10/h6,8H,3-5,7H2,1-2H3,(H2,13,14,15). The first-order valence-electron chi connectivity index (χ1n) is 5.81. The van der Waals surface area contributed by atoms with E-state index in [9.17, 15) is 0 Å². The van der Waals surface area contributed by atoms with Crippen LogP contribution in [0.25, 0.3) is 0 Å². The van der Waals surface area contributed by atoms with E-state index < -0.39 is 0 Å². The number of nitrogens with zero attached hydrogens (tertiary/aromatic N) is 4. The summed E-state index contributed by atoms with van der Waals surface area (Å²) in [6.45, 7) is 5.22. The third-order valence-electron chi connectivity index (χ3n) is 3.06. The Kier molecular flexibility index (Phi) is 3.69. The van der Waals surface area contributed by atoms with E-state index in [2.05, 4.69) is 33.7 Å². The van der Waals surface area contributed by atoms with E-state index in [0.717, 1.165) is 31.9 Å². The summed E-state index contributed by atoms with van der Waals surface area (Å²) in [5.41, 5.74) is 5.63. The van der Waals surface area contributed by atoms with Crippen LogP contribution in [0.5, 0.6) is 0 Å². The minimum atomic E-state index is 0.272. The molecule has 0 aromatic carbocycles. The molecule has 0 amide bonds. The van der Waals surface area contributed by atoms with Gasteiger partial charge in [-0.3, -0.25) is 0 Å². The number of hydrogen-bond donors (Lipinski definition) is 1. The first-order chi connectivity index (χ1) is 8.08. The van der Waals surface area contributed by atoms with Gasteiger partial charge in [-0.05, 0) is 26.9 Å². The topological polar surface area (TPSA) is 58.3 Å². The molecule has 1 aromatic rings. The summed E-state index contributed by atoms with van der Waals surface area (Å²) in [7, 11) is 2.13. The maximum Gasteiger partial charge on any atom is 0.222 e. The molecule has 2 rings (SSSR count). The zero-order valence-corrected chi connectivity index (χ0v) is 11.0. The van der Waals surface area contributed by atoms with Gasteiger partial charge in [-0.15, -0.1) is 0 Å². The number of hydrogen-bond acceptors (Lipinski definition) is 5. The molecule has 0 bridgehead atoms. The zero-order chi connectivity index (χ0) is 12.4. The zero-order valence-electron chi connectivity index (χ0n) is 10.2. The van der Waals surface area contributed by atoms with Crippen LogP contribution in [0, 0.1) is 0 Å². The van der Waals surface area contributed by atoms with Gasteiger partial charge in [0.15, 0.2) is 5.82 Å². The maximum atomic E-state index is 6.15. The number of nitrogens with two attached hydrogens (primary N) is 1. The van der Waals surface area contributed by atoms with Crippen LogP contribution in [0.1, 0.15) is 13.3 Å². The first-order valence-corrected chi connectivity index (χ1v) is 6.19. The average molecular weight is 256 g/mol. The lowest BCUT2D eigenvalue weighted by atomic mass is 10.2. The number of nitrogen functional groups attached to an aromatic ring is 1. The van der Waals surface area contributed by atoms with Gasteiger partial charge in [0, 0.05) is 19.1 Å². The van der Waals surface area contributed by atoms with Crippen LogP contribution in [0.3, 0.4) is 0 Å². The molecular formula is C11H18ClN5. The predicted molar refractivity (Wildman–Crippen MR) is 70.4 cm³/mol. The van der Waals surface area contributed by atoms with Gasteiger partial charge in [0.1, 0.15) is 5.02 Å². The van der Waals surface area contributed by atoms with Crippen molar-refractivity contribution in [1.82, 2.24) is 14.9 Å². The van der Waals surface area contributed by atoms with E-state index in [1.54, 1.807) is 6.20 Å². The Hall–Kier alpha value is -1.07. The Morgan fingerprint density at radius 2 is 2.24 bits per heavy atom. The van der Waals surface area contributed by atoms with Gasteiger partial charge in [0.05, 0.1) is 6.20 Å². The van der Waals surface area contributed by atoms with Crippen LogP contribution in [0.15, 0.2) is 6.20 Å². The van der Waals surface area contributed by atoms with Crippen molar-refractivity contribution >= 4 is 23.4 Å². The normalized spacial score (nSPS) is 22.5. The lowest BCUT2D eigenvalue weighted by Gasteiger charge is -2.29. The molecule has 94 valence electrons. The van der Waals surface area contributed by atoms with Crippen molar-refractivity contribution in [3.05, 3.63) is 11.2 Å². The third kappa shape index (κ3) is 2.79. The lowest BCUT2D eigenvalue weighted by molar-refractivity contribution is 0.337. The van der Waals surface area contributed by atoms with Crippen molar-refractivity contribution in [3.63, 3.8) is 0 Å². The molecular weight excluding hydrogens is 238 g/mol. The van der Waals surface area contributed by atoms with Gasteiger partial charge in [0.25, 0.3) is 0 Å². The second kappa shape index (κ2) is 5.06.